The van der Waals surface area contributed by atoms with Crippen molar-refractivity contribution in [2.45, 2.75) is 0 Å². The molecule has 2 amide bonds. The maximum atomic E-state index is 12.7. The van der Waals surface area contributed by atoms with Crippen LogP contribution in [-0.4, -0.2) is 31.5 Å². The van der Waals surface area contributed by atoms with Gasteiger partial charge in [0.05, 0.1) is 22.4 Å². The molecule has 0 spiro atoms. The van der Waals surface area contributed by atoms with Crippen molar-refractivity contribution in [3.63, 3.8) is 0 Å². The van der Waals surface area contributed by atoms with Crippen molar-refractivity contribution >= 4 is 50.2 Å². The number of sulfonamides is 1. The molecule has 0 bridgehead atoms. The Morgan fingerprint density at radius 1 is 0.824 bits per heavy atom. The van der Waals surface area contributed by atoms with Crippen molar-refractivity contribution in [1.29, 1.82) is 0 Å². The van der Waals surface area contributed by atoms with Crippen LogP contribution in [0.3, 0.4) is 0 Å². The highest BCUT2D eigenvalue weighted by Crippen LogP contribution is 2.24. The Hall–Kier alpha value is -4.02. The van der Waals surface area contributed by atoms with Crippen LogP contribution in [0.4, 0.5) is 17.1 Å². The number of benzene rings is 2. The van der Waals surface area contributed by atoms with Crippen LogP contribution in [0.15, 0.2) is 84.5 Å². The number of aromatic nitrogens is 1. The molecule has 0 saturated carbocycles. The number of hydrogen-bond donors (Lipinski definition) is 3. The summed E-state index contributed by atoms with van der Waals surface area (Å²) >= 11 is 1.14. The first kappa shape index (κ1) is 23.1. The van der Waals surface area contributed by atoms with Gasteiger partial charge in [-0.2, -0.15) is 0 Å². The fourth-order valence-electron chi connectivity index (χ4n) is 3.15. The molecule has 10 heteroatoms. The summed E-state index contributed by atoms with van der Waals surface area (Å²) in [5.41, 5.74) is 3.59. The van der Waals surface area contributed by atoms with Crippen LogP contribution >= 0.6 is 11.3 Å². The van der Waals surface area contributed by atoms with Gasteiger partial charge in [0.2, 0.25) is 10.0 Å². The van der Waals surface area contributed by atoms with E-state index >= 15 is 0 Å². The number of pyridine rings is 1. The van der Waals surface area contributed by atoms with Crippen LogP contribution < -0.4 is 15.4 Å². The standard InChI is InChI=1S/C24H20N4O4S2/c1-34(31,32)28-21-9-3-8-20(13-21)27-24(30)22-12-18(15-33-22)23(29)26-19-7-2-5-16(11-19)17-6-4-10-25-14-17/h2-15,28H,1H3,(H,26,29)(H,27,30). The van der Waals surface area contributed by atoms with E-state index in [1.807, 2.05) is 30.3 Å². The molecule has 0 fully saturated rings. The minimum Gasteiger partial charge on any atom is -0.322 e. The summed E-state index contributed by atoms with van der Waals surface area (Å²) in [6, 6.07) is 19.1. The Kier molecular flexibility index (Phi) is 6.71. The molecule has 8 nitrogen and oxygen atoms in total. The Balaban J connectivity index is 1.43. The number of thiophene rings is 1. The van der Waals surface area contributed by atoms with Gasteiger partial charge in [-0.15, -0.1) is 11.3 Å². The predicted molar refractivity (Wildman–Crippen MR) is 135 cm³/mol. The van der Waals surface area contributed by atoms with E-state index in [0.717, 1.165) is 28.7 Å². The summed E-state index contributed by atoms with van der Waals surface area (Å²) in [6.07, 6.45) is 4.49. The number of anilines is 3. The first-order valence-electron chi connectivity index (χ1n) is 10.1. The number of hydrogen-bond acceptors (Lipinski definition) is 6. The largest absolute Gasteiger partial charge is 0.322 e. The van der Waals surface area contributed by atoms with Crippen LogP contribution in [0.1, 0.15) is 20.0 Å². The summed E-state index contributed by atoms with van der Waals surface area (Å²) in [5.74, 6) is -0.739. The molecule has 0 aliphatic carbocycles. The molecule has 2 aromatic heterocycles. The molecule has 0 unspecified atom stereocenters. The summed E-state index contributed by atoms with van der Waals surface area (Å²) in [4.78, 5) is 29.8. The second-order valence-electron chi connectivity index (χ2n) is 7.39. The topological polar surface area (TPSA) is 117 Å². The highest BCUT2D eigenvalue weighted by atomic mass is 32.2. The zero-order chi connectivity index (χ0) is 24.1. The number of nitrogens with one attached hydrogen (secondary N) is 3. The maximum Gasteiger partial charge on any atom is 0.265 e. The lowest BCUT2D eigenvalue weighted by atomic mass is 10.1. The molecule has 4 rings (SSSR count). The summed E-state index contributed by atoms with van der Waals surface area (Å²) in [7, 11) is -3.43. The van der Waals surface area contributed by atoms with Gasteiger partial charge in [-0.3, -0.25) is 19.3 Å². The first-order chi connectivity index (χ1) is 16.3. The van der Waals surface area contributed by atoms with Crippen LogP contribution in [0.5, 0.6) is 0 Å². The number of rotatable bonds is 7. The molecular formula is C24H20N4O4S2. The number of carbonyl (C=O) groups is 2. The van der Waals surface area contributed by atoms with Gasteiger partial charge in [0.15, 0.2) is 0 Å². The smallest absolute Gasteiger partial charge is 0.265 e. The van der Waals surface area contributed by atoms with Gasteiger partial charge >= 0.3 is 0 Å². The van der Waals surface area contributed by atoms with Gasteiger partial charge in [0.1, 0.15) is 0 Å². The summed E-state index contributed by atoms with van der Waals surface area (Å²) in [6.45, 7) is 0. The van der Waals surface area contributed by atoms with Gasteiger partial charge in [0, 0.05) is 34.7 Å². The Morgan fingerprint density at radius 2 is 1.50 bits per heavy atom. The molecule has 0 atom stereocenters. The van der Waals surface area contributed by atoms with Crippen molar-refractivity contribution in [2.75, 3.05) is 21.6 Å². The third-order valence-electron chi connectivity index (χ3n) is 4.62. The molecule has 2 aromatic carbocycles. The lowest BCUT2D eigenvalue weighted by molar-refractivity contribution is 0.102. The van der Waals surface area contributed by atoms with Crippen molar-refractivity contribution in [1.82, 2.24) is 4.98 Å². The highest BCUT2D eigenvalue weighted by molar-refractivity contribution is 7.92. The normalized spacial score (nSPS) is 11.0. The SMILES string of the molecule is CS(=O)(=O)Nc1cccc(NC(=O)c2cc(C(=O)Nc3cccc(-c4cccnc4)c3)cs2)c1. The minimum absolute atomic E-state index is 0.333. The third-order valence-corrected chi connectivity index (χ3v) is 6.16. The quantitative estimate of drug-likeness (QED) is 0.346. The number of carbonyl (C=O) groups excluding carboxylic acids is 2. The first-order valence-corrected chi connectivity index (χ1v) is 12.8. The monoisotopic (exact) mass is 492 g/mol. The van der Waals surface area contributed by atoms with Gasteiger partial charge in [-0.1, -0.05) is 24.3 Å². The summed E-state index contributed by atoms with van der Waals surface area (Å²) < 4.78 is 25.2. The van der Waals surface area contributed by atoms with E-state index in [1.54, 1.807) is 42.0 Å². The molecule has 4 aromatic rings. The Morgan fingerprint density at radius 3 is 2.24 bits per heavy atom. The molecule has 34 heavy (non-hydrogen) atoms. The van der Waals surface area contributed by atoms with Crippen LogP contribution in [0, 0.1) is 0 Å². The molecular weight excluding hydrogens is 472 g/mol. The lowest BCUT2D eigenvalue weighted by Crippen LogP contribution is -2.13. The molecule has 172 valence electrons. The fraction of sp³-hybridized carbons (Fsp3) is 0.0417. The lowest BCUT2D eigenvalue weighted by Gasteiger charge is -2.08. The summed E-state index contributed by atoms with van der Waals surface area (Å²) in [5, 5.41) is 7.17. The van der Waals surface area contributed by atoms with E-state index < -0.39 is 15.9 Å². The second-order valence-corrected chi connectivity index (χ2v) is 10.0. The van der Waals surface area contributed by atoms with Crippen LogP contribution in [0.25, 0.3) is 11.1 Å². The third kappa shape index (κ3) is 6.06. The van der Waals surface area contributed by atoms with Gasteiger partial charge in [0.25, 0.3) is 11.8 Å². The average molecular weight is 493 g/mol. The molecule has 0 aliphatic rings. The maximum absolute atomic E-state index is 12.7. The van der Waals surface area contributed by atoms with Crippen molar-refractivity contribution in [2.24, 2.45) is 0 Å². The number of nitrogens with zero attached hydrogens (tertiary/aromatic N) is 1. The number of amides is 2. The zero-order valence-corrected chi connectivity index (χ0v) is 19.6. The zero-order valence-electron chi connectivity index (χ0n) is 18.0. The average Bonchev–Trinajstić information content (AvgIpc) is 3.30. The van der Waals surface area contributed by atoms with Gasteiger partial charge < -0.3 is 10.6 Å². The second kappa shape index (κ2) is 9.86. The Labute approximate surface area is 200 Å². The van der Waals surface area contributed by atoms with E-state index in [4.69, 9.17) is 0 Å². The van der Waals surface area contributed by atoms with E-state index in [-0.39, 0.29) is 5.91 Å². The van der Waals surface area contributed by atoms with E-state index in [2.05, 4.69) is 20.3 Å². The van der Waals surface area contributed by atoms with E-state index in [1.165, 1.54) is 12.1 Å². The molecule has 2 heterocycles. The Bertz CT molecular complexity index is 1450. The van der Waals surface area contributed by atoms with Crippen LogP contribution in [0.2, 0.25) is 0 Å². The fourth-order valence-corrected chi connectivity index (χ4v) is 4.49. The molecule has 0 radical (unpaired) electrons. The van der Waals surface area contributed by atoms with Crippen LogP contribution in [-0.2, 0) is 10.0 Å². The van der Waals surface area contributed by atoms with Crippen molar-refractivity contribution < 1.29 is 18.0 Å². The van der Waals surface area contributed by atoms with E-state index in [0.29, 0.717) is 27.5 Å². The minimum atomic E-state index is -3.43. The highest BCUT2D eigenvalue weighted by Gasteiger charge is 2.15. The van der Waals surface area contributed by atoms with Crippen molar-refractivity contribution in [3.05, 3.63) is 94.9 Å². The van der Waals surface area contributed by atoms with E-state index in [9.17, 15) is 18.0 Å². The van der Waals surface area contributed by atoms with Gasteiger partial charge in [-0.05, 0) is 48.0 Å². The predicted octanol–water partition coefficient (Wildman–Crippen LogP) is 4.69. The van der Waals surface area contributed by atoms with Crippen molar-refractivity contribution in [3.8, 4) is 11.1 Å². The van der Waals surface area contributed by atoms with Gasteiger partial charge in [-0.25, -0.2) is 8.42 Å². The molecule has 0 aliphatic heterocycles. The molecule has 0 saturated heterocycles. The molecule has 3 N–H and O–H groups in total.